The molecular weight excluding hydrogens is 184 g/mol. The topological polar surface area (TPSA) is 38.0 Å². The molecule has 15 heavy (non-hydrogen) atoms. The molecule has 0 aromatic rings. The number of nitrogens with two attached hydrogens (primary N) is 1. The van der Waals surface area contributed by atoms with E-state index in [1.807, 2.05) is 0 Å². The van der Waals surface area contributed by atoms with E-state index < -0.39 is 0 Å². The molecule has 0 saturated heterocycles. The molecule has 0 saturated carbocycles. The quantitative estimate of drug-likeness (QED) is 0.659. The summed E-state index contributed by atoms with van der Waals surface area (Å²) >= 11 is 0. The van der Waals surface area contributed by atoms with Crippen LogP contribution in [0.4, 0.5) is 0 Å². The largest absolute Gasteiger partial charge is 0.330 e. The molecule has 2 atom stereocenters. The SMILES string of the molecule is CC(C)C(CN)CNCC1CC=CCC1. The van der Waals surface area contributed by atoms with Crippen LogP contribution < -0.4 is 11.1 Å². The van der Waals surface area contributed by atoms with Crippen LogP contribution in [0, 0.1) is 17.8 Å². The Morgan fingerprint density at radius 1 is 1.40 bits per heavy atom. The molecule has 0 spiro atoms. The van der Waals surface area contributed by atoms with E-state index in [-0.39, 0.29) is 0 Å². The summed E-state index contributed by atoms with van der Waals surface area (Å²) in [7, 11) is 0. The maximum Gasteiger partial charge on any atom is -0.000589 e. The summed E-state index contributed by atoms with van der Waals surface area (Å²) in [5.41, 5.74) is 5.74. The lowest BCUT2D eigenvalue weighted by molar-refractivity contribution is 0.348. The summed E-state index contributed by atoms with van der Waals surface area (Å²) < 4.78 is 0. The van der Waals surface area contributed by atoms with Crippen molar-refractivity contribution in [2.24, 2.45) is 23.5 Å². The third-order valence-corrected chi connectivity index (χ3v) is 3.46. The van der Waals surface area contributed by atoms with E-state index in [9.17, 15) is 0 Å². The number of nitrogens with one attached hydrogen (secondary N) is 1. The molecule has 0 bridgehead atoms. The molecule has 0 amide bonds. The Balaban J connectivity index is 2.11. The maximum atomic E-state index is 5.74. The summed E-state index contributed by atoms with van der Waals surface area (Å²) in [6.45, 7) is 7.54. The van der Waals surface area contributed by atoms with Crippen molar-refractivity contribution in [2.45, 2.75) is 33.1 Å². The molecule has 3 N–H and O–H groups in total. The van der Waals surface area contributed by atoms with Crippen LogP contribution >= 0.6 is 0 Å². The van der Waals surface area contributed by atoms with E-state index in [4.69, 9.17) is 5.73 Å². The monoisotopic (exact) mass is 210 g/mol. The second kappa shape index (κ2) is 7.02. The number of hydrogen-bond donors (Lipinski definition) is 2. The van der Waals surface area contributed by atoms with Gasteiger partial charge in [-0.15, -0.1) is 0 Å². The first-order valence-corrected chi connectivity index (χ1v) is 6.29. The second-order valence-electron chi connectivity index (χ2n) is 5.05. The van der Waals surface area contributed by atoms with Crippen molar-refractivity contribution in [3.8, 4) is 0 Å². The van der Waals surface area contributed by atoms with Gasteiger partial charge < -0.3 is 11.1 Å². The van der Waals surface area contributed by atoms with Gasteiger partial charge in [0.1, 0.15) is 0 Å². The van der Waals surface area contributed by atoms with Gasteiger partial charge in [0, 0.05) is 0 Å². The Hall–Kier alpha value is -0.340. The Morgan fingerprint density at radius 2 is 2.20 bits per heavy atom. The van der Waals surface area contributed by atoms with Gasteiger partial charge in [-0.1, -0.05) is 26.0 Å². The van der Waals surface area contributed by atoms with E-state index in [0.717, 1.165) is 25.6 Å². The Morgan fingerprint density at radius 3 is 2.73 bits per heavy atom. The van der Waals surface area contributed by atoms with Crippen LogP contribution in [0.15, 0.2) is 12.2 Å². The lowest BCUT2D eigenvalue weighted by Crippen LogP contribution is -2.34. The lowest BCUT2D eigenvalue weighted by atomic mass is 9.93. The first kappa shape index (κ1) is 12.7. The standard InChI is InChI=1S/C13H26N2/c1-11(2)13(8-14)10-15-9-12-6-4-3-5-7-12/h3-4,11-13,15H,5-10,14H2,1-2H3. The van der Waals surface area contributed by atoms with Gasteiger partial charge in [0.05, 0.1) is 0 Å². The van der Waals surface area contributed by atoms with Crippen molar-refractivity contribution >= 4 is 0 Å². The van der Waals surface area contributed by atoms with Crippen LogP contribution in [0.3, 0.4) is 0 Å². The minimum absolute atomic E-state index is 0.629. The first-order valence-electron chi connectivity index (χ1n) is 6.29. The van der Waals surface area contributed by atoms with E-state index in [0.29, 0.717) is 11.8 Å². The van der Waals surface area contributed by atoms with Gasteiger partial charge in [0.25, 0.3) is 0 Å². The molecule has 88 valence electrons. The van der Waals surface area contributed by atoms with Crippen molar-refractivity contribution < 1.29 is 0 Å². The smallest absolute Gasteiger partial charge is 0.000589 e. The highest BCUT2D eigenvalue weighted by atomic mass is 14.9. The van der Waals surface area contributed by atoms with Crippen molar-refractivity contribution in [3.63, 3.8) is 0 Å². The first-order chi connectivity index (χ1) is 7.24. The average Bonchev–Trinajstić information content (AvgIpc) is 2.25. The molecule has 0 radical (unpaired) electrons. The van der Waals surface area contributed by atoms with Crippen molar-refractivity contribution in [1.29, 1.82) is 0 Å². The molecule has 2 heteroatoms. The second-order valence-corrected chi connectivity index (χ2v) is 5.05. The fourth-order valence-corrected chi connectivity index (χ4v) is 2.11. The molecule has 1 rings (SSSR count). The molecule has 2 unspecified atom stereocenters. The molecular formula is C13H26N2. The van der Waals surface area contributed by atoms with Crippen LogP contribution in [-0.2, 0) is 0 Å². The fraction of sp³-hybridized carbons (Fsp3) is 0.846. The predicted molar refractivity (Wildman–Crippen MR) is 66.7 cm³/mol. The molecule has 0 aromatic heterocycles. The van der Waals surface area contributed by atoms with Crippen LogP contribution in [0.25, 0.3) is 0 Å². The van der Waals surface area contributed by atoms with Gasteiger partial charge >= 0.3 is 0 Å². The minimum Gasteiger partial charge on any atom is -0.330 e. The van der Waals surface area contributed by atoms with E-state index in [2.05, 4.69) is 31.3 Å². The normalized spacial score (nSPS) is 23.3. The van der Waals surface area contributed by atoms with Gasteiger partial charge in [-0.25, -0.2) is 0 Å². The summed E-state index contributed by atoms with van der Waals surface area (Å²) in [5, 5.41) is 3.57. The van der Waals surface area contributed by atoms with E-state index in [1.165, 1.54) is 19.3 Å². The van der Waals surface area contributed by atoms with E-state index in [1.54, 1.807) is 0 Å². The summed E-state index contributed by atoms with van der Waals surface area (Å²) in [6, 6.07) is 0. The van der Waals surface area contributed by atoms with Gasteiger partial charge in [0.15, 0.2) is 0 Å². The van der Waals surface area contributed by atoms with E-state index >= 15 is 0 Å². The van der Waals surface area contributed by atoms with Gasteiger partial charge in [-0.2, -0.15) is 0 Å². The van der Waals surface area contributed by atoms with Crippen LogP contribution in [-0.4, -0.2) is 19.6 Å². The summed E-state index contributed by atoms with van der Waals surface area (Å²) in [6.07, 6.45) is 8.48. The zero-order valence-corrected chi connectivity index (χ0v) is 10.2. The third kappa shape index (κ3) is 4.80. The molecule has 1 aliphatic rings. The number of allylic oxidation sites excluding steroid dienone is 2. The molecule has 0 heterocycles. The van der Waals surface area contributed by atoms with Gasteiger partial charge in [-0.05, 0) is 56.7 Å². The molecule has 2 nitrogen and oxygen atoms in total. The van der Waals surface area contributed by atoms with Crippen molar-refractivity contribution in [1.82, 2.24) is 5.32 Å². The number of rotatable bonds is 6. The minimum atomic E-state index is 0.629. The zero-order chi connectivity index (χ0) is 11.1. The highest BCUT2D eigenvalue weighted by Gasteiger charge is 2.13. The van der Waals surface area contributed by atoms with Crippen LogP contribution in [0.2, 0.25) is 0 Å². The fourth-order valence-electron chi connectivity index (χ4n) is 2.11. The van der Waals surface area contributed by atoms with Crippen molar-refractivity contribution in [3.05, 3.63) is 12.2 Å². The van der Waals surface area contributed by atoms with Gasteiger partial charge in [-0.3, -0.25) is 0 Å². The van der Waals surface area contributed by atoms with Crippen LogP contribution in [0.5, 0.6) is 0 Å². The van der Waals surface area contributed by atoms with Crippen LogP contribution in [0.1, 0.15) is 33.1 Å². The highest BCUT2D eigenvalue weighted by molar-refractivity contribution is 4.90. The Bertz CT molecular complexity index is 187. The Kier molecular flexibility index (Phi) is 5.96. The van der Waals surface area contributed by atoms with Gasteiger partial charge in [0.2, 0.25) is 0 Å². The maximum absolute atomic E-state index is 5.74. The zero-order valence-electron chi connectivity index (χ0n) is 10.2. The summed E-state index contributed by atoms with van der Waals surface area (Å²) in [4.78, 5) is 0. The lowest BCUT2D eigenvalue weighted by Gasteiger charge is -2.22. The Labute approximate surface area is 94.3 Å². The molecule has 0 aromatic carbocycles. The summed E-state index contributed by atoms with van der Waals surface area (Å²) in [5.74, 6) is 2.17. The molecule has 0 aliphatic heterocycles. The molecule has 0 fully saturated rings. The van der Waals surface area contributed by atoms with Crippen molar-refractivity contribution in [2.75, 3.05) is 19.6 Å². The third-order valence-electron chi connectivity index (χ3n) is 3.46. The predicted octanol–water partition coefficient (Wildman–Crippen LogP) is 2.16. The number of hydrogen-bond acceptors (Lipinski definition) is 2. The molecule has 1 aliphatic carbocycles. The average molecular weight is 210 g/mol. The highest BCUT2D eigenvalue weighted by Crippen LogP contribution is 2.17.